The smallest absolute Gasteiger partial charge is 0.407 e. The van der Waals surface area contributed by atoms with Crippen LogP contribution in [0.4, 0.5) is 9.18 Å². The first-order chi connectivity index (χ1) is 10.6. The fourth-order valence-electron chi connectivity index (χ4n) is 3.78. The highest BCUT2D eigenvalue weighted by atomic mass is 19.1. The molecule has 5 nitrogen and oxygen atoms in total. The van der Waals surface area contributed by atoms with Gasteiger partial charge in [0.1, 0.15) is 5.82 Å². The standard InChI is InChI=1S/C16H16FN3O2/c17-11-1-2-12-13(7-11)14-8-18-9-20(14)15(12)10-3-5-19(6-4-10)16(21)22/h1-2,7-10,15H,3-6H2,(H,21,22). The van der Waals surface area contributed by atoms with Gasteiger partial charge in [-0.1, -0.05) is 6.07 Å². The summed E-state index contributed by atoms with van der Waals surface area (Å²) in [5.41, 5.74) is 2.97. The molecule has 0 bridgehead atoms. The number of rotatable bonds is 1. The molecule has 1 saturated heterocycles. The first-order valence-electron chi connectivity index (χ1n) is 7.44. The van der Waals surface area contributed by atoms with Gasteiger partial charge in [0, 0.05) is 18.7 Å². The van der Waals surface area contributed by atoms with Crippen LogP contribution in [-0.2, 0) is 0 Å². The van der Waals surface area contributed by atoms with Crippen molar-refractivity contribution in [2.75, 3.05) is 13.1 Å². The van der Waals surface area contributed by atoms with E-state index in [0.717, 1.165) is 29.7 Å². The molecule has 2 aliphatic rings. The summed E-state index contributed by atoms with van der Waals surface area (Å²) in [6, 6.07) is 5.04. The maximum absolute atomic E-state index is 13.6. The van der Waals surface area contributed by atoms with Crippen LogP contribution < -0.4 is 0 Å². The van der Waals surface area contributed by atoms with E-state index < -0.39 is 6.09 Å². The minimum atomic E-state index is -0.851. The Hall–Kier alpha value is -2.37. The predicted molar refractivity (Wildman–Crippen MR) is 78.1 cm³/mol. The van der Waals surface area contributed by atoms with Gasteiger partial charge >= 0.3 is 6.09 Å². The number of nitrogens with zero attached hydrogens (tertiary/aromatic N) is 3. The van der Waals surface area contributed by atoms with Gasteiger partial charge in [0.15, 0.2) is 0 Å². The maximum atomic E-state index is 13.6. The summed E-state index contributed by atoms with van der Waals surface area (Å²) in [4.78, 5) is 16.7. The third-order valence-corrected chi connectivity index (χ3v) is 4.83. The van der Waals surface area contributed by atoms with Crippen molar-refractivity contribution in [2.24, 2.45) is 5.92 Å². The Morgan fingerprint density at radius 2 is 2.09 bits per heavy atom. The molecule has 3 heterocycles. The molecule has 0 saturated carbocycles. The highest BCUT2D eigenvalue weighted by Gasteiger charge is 2.36. The zero-order chi connectivity index (χ0) is 15.3. The first kappa shape index (κ1) is 13.3. The summed E-state index contributed by atoms with van der Waals surface area (Å²) < 4.78 is 15.7. The van der Waals surface area contributed by atoms with Crippen molar-refractivity contribution in [1.82, 2.24) is 14.5 Å². The van der Waals surface area contributed by atoms with Crippen molar-refractivity contribution in [2.45, 2.75) is 18.9 Å². The van der Waals surface area contributed by atoms with Gasteiger partial charge < -0.3 is 14.6 Å². The van der Waals surface area contributed by atoms with Gasteiger partial charge in [0.2, 0.25) is 0 Å². The van der Waals surface area contributed by atoms with Gasteiger partial charge in [-0.15, -0.1) is 0 Å². The van der Waals surface area contributed by atoms with Crippen LogP contribution in [0.5, 0.6) is 0 Å². The average molecular weight is 301 g/mol. The second-order valence-electron chi connectivity index (χ2n) is 5.97. The van der Waals surface area contributed by atoms with E-state index in [1.54, 1.807) is 18.6 Å². The van der Waals surface area contributed by atoms with Crippen molar-refractivity contribution >= 4 is 6.09 Å². The fraction of sp³-hybridized carbons (Fsp3) is 0.375. The SMILES string of the molecule is O=C(O)N1CCC(C2c3ccc(F)cc3-c3cncn32)CC1. The number of amides is 1. The highest BCUT2D eigenvalue weighted by molar-refractivity contribution is 5.69. The lowest BCUT2D eigenvalue weighted by molar-refractivity contribution is 0.118. The zero-order valence-electron chi connectivity index (χ0n) is 11.9. The quantitative estimate of drug-likeness (QED) is 0.881. The van der Waals surface area contributed by atoms with Crippen LogP contribution in [0.15, 0.2) is 30.7 Å². The number of benzene rings is 1. The molecule has 0 spiro atoms. The van der Waals surface area contributed by atoms with Gasteiger partial charge in [0.05, 0.1) is 24.3 Å². The molecule has 1 aromatic carbocycles. The van der Waals surface area contributed by atoms with Crippen LogP contribution in [0.2, 0.25) is 0 Å². The normalized spacial score (nSPS) is 20.8. The molecule has 0 radical (unpaired) electrons. The third-order valence-electron chi connectivity index (χ3n) is 4.83. The molecule has 1 atom stereocenters. The number of imidazole rings is 1. The van der Waals surface area contributed by atoms with Gasteiger partial charge in [0.25, 0.3) is 0 Å². The molecule has 1 amide bonds. The minimum Gasteiger partial charge on any atom is -0.465 e. The number of carboxylic acid groups (broad SMARTS) is 1. The molecule has 1 aromatic heterocycles. The van der Waals surface area contributed by atoms with Crippen molar-refractivity contribution in [3.05, 3.63) is 42.1 Å². The van der Waals surface area contributed by atoms with Crippen LogP contribution in [0.3, 0.4) is 0 Å². The number of carbonyl (C=O) groups is 1. The molecule has 22 heavy (non-hydrogen) atoms. The predicted octanol–water partition coefficient (Wildman–Crippen LogP) is 2.98. The lowest BCUT2D eigenvalue weighted by Gasteiger charge is -2.34. The first-order valence-corrected chi connectivity index (χ1v) is 7.44. The van der Waals surface area contributed by atoms with Crippen molar-refractivity contribution < 1.29 is 14.3 Å². The van der Waals surface area contributed by atoms with E-state index in [4.69, 9.17) is 5.11 Å². The molecule has 1 unspecified atom stereocenters. The van der Waals surface area contributed by atoms with E-state index in [0.29, 0.717) is 19.0 Å². The summed E-state index contributed by atoms with van der Waals surface area (Å²) in [6.45, 7) is 1.11. The van der Waals surface area contributed by atoms with Crippen LogP contribution in [0.1, 0.15) is 24.4 Å². The molecule has 6 heteroatoms. The van der Waals surface area contributed by atoms with E-state index in [-0.39, 0.29) is 11.9 Å². The number of likely N-dealkylation sites (tertiary alicyclic amines) is 1. The minimum absolute atomic E-state index is 0.129. The molecular formula is C16H16FN3O2. The van der Waals surface area contributed by atoms with Crippen molar-refractivity contribution in [1.29, 1.82) is 0 Å². The molecule has 2 aromatic rings. The number of hydrogen-bond acceptors (Lipinski definition) is 2. The Balaban J connectivity index is 1.68. The summed E-state index contributed by atoms with van der Waals surface area (Å²) >= 11 is 0. The summed E-state index contributed by atoms with van der Waals surface area (Å²) in [5, 5.41) is 9.07. The van der Waals surface area contributed by atoms with Gasteiger partial charge in [-0.2, -0.15) is 0 Å². The van der Waals surface area contributed by atoms with Crippen LogP contribution in [0, 0.1) is 11.7 Å². The Kier molecular flexibility index (Phi) is 2.92. The lowest BCUT2D eigenvalue weighted by atomic mass is 9.85. The Bertz CT molecular complexity index is 735. The summed E-state index contributed by atoms with van der Waals surface area (Å²) in [5.74, 6) is 0.100. The van der Waals surface area contributed by atoms with E-state index in [9.17, 15) is 9.18 Å². The van der Waals surface area contributed by atoms with E-state index >= 15 is 0 Å². The largest absolute Gasteiger partial charge is 0.465 e. The topological polar surface area (TPSA) is 58.4 Å². The zero-order valence-corrected chi connectivity index (χ0v) is 11.9. The van der Waals surface area contributed by atoms with Crippen molar-refractivity contribution in [3.63, 3.8) is 0 Å². The van der Waals surface area contributed by atoms with Crippen LogP contribution in [0.25, 0.3) is 11.3 Å². The lowest BCUT2D eigenvalue weighted by Crippen LogP contribution is -2.39. The van der Waals surface area contributed by atoms with E-state index in [2.05, 4.69) is 9.55 Å². The number of aromatic nitrogens is 2. The number of piperidine rings is 1. The molecule has 114 valence electrons. The number of fused-ring (bicyclic) bond motifs is 3. The Labute approximate surface area is 127 Å². The number of halogens is 1. The second-order valence-corrected chi connectivity index (χ2v) is 5.97. The third kappa shape index (κ3) is 1.90. The summed E-state index contributed by atoms with van der Waals surface area (Å²) in [7, 11) is 0. The molecule has 4 rings (SSSR count). The Morgan fingerprint density at radius 1 is 1.32 bits per heavy atom. The average Bonchev–Trinajstić information content (AvgIpc) is 3.08. The fourth-order valence-corrected chi connectivity index (χ4v) is 3.78. The summed E-state index contributed by atoms with van der Waals surface area (Å²) in [6.07, 6.45) is 4.33. The molecule has 2 aliphatic heterocycles. The van der Waals surface area contributed by atoms with E-state index in [1.807, 2.05) is 6.07 Å². The van der Waals surface area contributed by atoms with Gasteiger partial charge in [-0.05, 0) is 36.5 Å². The molecule has 1 N–H and O–H groups in total. The van der Waals surface area contributed by atoms with Crippen molar-refractivity contribution in [3.8, 4) is 11.3 Å². The number of hydrogen-bond donors (Lipinski definition) is 1. The second kappa shape index (κ2) is 4.83. The maximum Gasteiger partial charge on any atom is 0.407 e. The molecular weight excluding hydrogens is 285 g/mol. The molecule has 1 fully saturated rings. The van der Waals surface area contributed by atoms with E-state index in [1.165, 1.54) is 11.0 Å². The van der Waals surface area contributed by atoms with Crippen LogP contribution >= 0.6 is 0 Å². The monoisotopic (exact) mass is 301 g/mol. The van der Waals surface area contributed by atoms with Crippen LogP contribution in [-0.4, -0.2) is 38.7 Å². The molecule has 0 aliphatic carbocycles. The highest BCUT2D eigenvalue weighted by Crippen LogP contribution is 2.45. The van der Waals surface area contributed by atoms with Gasteiger partial charge in [-0.25, -0.2) is 14.2 Å². The Morgan fingerprint density at radius 3 is 2.82 bits per heavy atom. The van der Waals surface area contributed by atoms with Gasteiger partial charge in [-0.3, -0.25) is 0 Å².